The second kappa shape index (κ2) is 5.14. The summed E-state index contributed by atoms with van der Waals surface area (Å²) in [7, 11) is 0. The number of hydrogen-bond acceptors (Lipinski definition) is 3. The molecule has 1 atom stereocenters. The zero-order chi connectivity index (χ0) is 12.3. The SMILES string of the molecule is CCC(C)n1ccc(Cn2ccnc2CN)n1. The molecule has 5 heteroatoms. The Balaban J connectivity index is 2.11. The highest BCUT2D eigenvalue weighted by Gasteiger charge is 2.06. The Morgan fingerprint density at radius 2 is 2.24 bits per heavy atom. The average molecular weight is 233 g/mol. The Hall–Kier alpha value is -1.62. The maximum Gasteiger partial charge on any atom is 0.122 e. The van der Waals surface area contributed by atoms with Crippen LogP contribution in [0.2, 0.25) is 0 Å². The van der Waals surface area contributed by atoms with E-state index in [-0.39, 0.29) is 0 Å². The van der Waals surface area contributed by atoms with Gasteiger partial charge in [0.15, 0.2) is 0 Å². The molecule has 1 unspecified atom stereocenters. The quantitative estimate of drug-likeness (QED) is 0.852. The molecule has 0 amide bonds. The lowest BCUT2D eigenvalue weighted by Gasteiger charge is -2.08. The molecule has 5 nitrogen and oxygen atoms in total. The van der Waals surface area contributed by atoms with Crippen LogP contribution in [0.5, 0.6) is 0 Å². The summed E-state index contributed by atoms with van der Waals surface area (Å²) < 4.78 is 4.04. The standard InChI is InChI=1S/C12H19N5/c1-3-10(2)17-6-4-11(15-17)9-16-7-5-14-12(16)8-13/h4-7,10H,3,8-9,13H2,1-2H3. The minimum Gasteiger partial charge on any atom is -0.328 e. The lowest BCUT2D eigenvalue weighted by Crippen LogP contribution is -2.10. The number of nitrogens with two attached hydrogens (primary N) is 1. The van der Waals surface area contributed by atoms with Crippen molar-refractivity contribution in [3.8, 4) is 0 Å². The molecule has 2 N–H and O–H groups in total. The van der Waals surface area contributed by atoms with E-state index in [9.17, 15) is 0 Å². The summed E-state index contributed by atoms with van der Waals surface area (Å²) in [5, 5.41) is 4.56. The van der Waals surface area contributed by atoms with Gasteiger partial charge in [-0.2, -0.15) is 5.10 Å². The molecule has 0 aromatic carbocycles. The normalized spacial score (nSPS) is 12.9. The van der Waals surface area contributed by atoms with E-state index in [0.29, 0.717) is 12.6 Å². The fourth-order valence-electron chi connectivity index (χ4n) is 1.74. The number of rotatable bonds is 5. The third kappa shape index (κ3) is 2.55. The van der Waals surface area contributed by atoms with Gasteiger partial charge in [-0.15, -0.1) is 0 Å². The Bertz CT molecular complexity index is 471. The summed E-state index contributed by atoms with van der Waals surface area (Å²) in [6, 6.07) is 2.49. The minimum absolute atomic E-state index is 0.445. The van der Waals surface area contributed by atoms with Crippen LogP contribution in [0.25, 0.3) is 0 Å². The van der Waals surface area contributed by atoms with Crippen LogP contribution in [-0.2, 0) is 13.1 Å². The van der Waals surface area contributed by atoms with Crippen molar-refractivity contribution in [2.24, 2.45) is 5.73 Å². The number of imidazole rings is 1. The van der Waals surface area contributed by atoms with Crippen LogP contribution in [-0.4, -0.2) is 19.3 Å². The van der Waals surface area contributed by atoms with Crippen molar-refractivity contribution in [1.29, 1.82) is 0 Å². The summed E-state index contributed by atoms with van der Waals surface area (Å²) in [6.07, 6.45) is 6.82. The Labute approximate surface area is 101 Å². The van der Waals surface area contributed by atoms with E-state index in [1.54, 1.807) is 6.20 Å². The summed E-state index contributed by atoms with van der Waals surface area (Å²) in [4.78, 5) is 4.19. The first kappa shape index (κ1) is 11.9. The number of aromatic nitrogens is 4. The molecular formula is C12H19N5. The second-order valence-electron chi connectivity index (χ2n) is 4.22. The molecule has 0 aliphatic heterocycles. The van der Waals surface area contributed by atoms with Crippen LogP contribution < -0.4 is 5.73 Å². The van der Waals surface area contributed by atoms with E-state index >= 15 is 0 Å². The highest BCUT2D eigenvalue weighted by atomic mass is 15.3. The summed E-state index contributed by atoms with van der Waals surface area (Å²) in [5.74, 6) is 0.892. The fraction of sp³-hybridized carbons (Fsp3) is 0.500. The van der Waals surface area contributed by atoms with Crippen molar-refractivity contribution >= 4 is 0 Å². The Kier molecular flexibility index (Phi) is 3.58. The molecule has 0 radical (unpaired) electrons. The van der Waals surface area contributed by atoms with Crippen LogP contribution in [0.4, 0.5) is 0 Å². The van der Waals surface area contributed by atoms with Crippen LogP contribution in [0.3, 0.4) is 0 Å². The van der Waals surface area contributed by atoms with Crippen LogP contribution in [0.1, 0.15) is 37.8 Å². The van der Waals surface area contributed by atoms with Gasteiger partial charge in [-0.1, -0.05) is 6.92 Å². The maximum atomic E-state index is 5.61. The first-order valence-electron chi connectivity index (χ1n) is 5.98. The molecule has 2 heterocycles. The van der Waals surface area contributed by atoms with E-state index in [4.69, 9.17) is 5.73 Å². The van der Waals surface area contributed by atoms with Crippen LogP contribution in [0.15, 0.2) is 24.7 Å². The molecule has 2 aromatic heterocycles. The van der Waals surface area contributed by atoms with Gasteiger partial charge in [0.25, 0.3) is 0 Å². The molecule has 2 aromatic rings. The van der Waals surface area contributed by atoms with Crippen LogP contribution >= 0.6 is 0 Å². The summed E-state index contributed by atoms with van der Waals surface area (Å²) >= 11 is 0. The molecule has 0 spiro atoms. The van der Waals surface area contributed by atoms with E-state index in [2.05, 4.69) is 23.9 Å². The smallest absolute Gasteiger partial charge is 0.122 e. The molecule has 17 heavy (non-hydrogen) atoms. The van der Waals surface area contributed by atoms with Gasteiger partial charge in [-0.05, 0) is 19.4 Å². The zero-order valence-electron chi connectivity index (χ0n) is 10.4. The van der Waals surface area contributed by atoms with E-state index in [1.807, 2.05) is 27.7 Å². The fourth-order valence-corrected chi connectivity index (χ4v) is 1.74. The molecule has 0 saturated heterocycles. The van der Waals surface area contributed by atoms with Crippen LogP contribution in [0, 0.1) is 0 Å². The van der Waals surface area contributed by atoms with Gasteiger partial charge >= 0.3 is 0 Å². The number of hydrogen-bond donors (Lipinski definition) is 1. The van der Waals surface area contributed by atoms with Crippen molar-refractivity contribution in [2.75, 3.05) is 0 Å². The van der Waals surface area contributed by atoms with Crippen molar-refractivity contribution in [2.45, 2.75) is 39.4 Å². The predicted octanol–water partition coefficient (Wildman–Crippen LogP) is 1.56. The van der Waals surface area contributed by atoms with Crippen molar-refractivity contribution < 1.29 is 0 Å². The Morgan fingerprint density at radius 1 is 1.41 bits per heavy atom. The van der Waals surface area contributed by atoms with Gasteiger partial charge in [0.05, 0.1) is 18.8 Å². The molecule has 0 saturated carbocycles. The zero-order valence-corrected chi connectivity index (χ0v) is 10.4. The lowest BCUT2D eigenvalue weighted by atomic mass is 10.3. The summed E-state index contributed by atoms with van der Waals surface area (Å²) in [5.41, 5.74) is 6.65. The first-order chi connectivity index (χ1) is 8.24. The van der Waals surface area contributed by atoms with Gasteiger partial charge in [-0.25, -0.2) is 4.98 Å². The molecular weight excluding hydrogens is 214 g/mol. The minimum atomic E-state index is 0.445. The molecule has 0 aliphatic carbocycles. The largest absolute Gasteiger partial charge is 0.328 e. The van der Waals surface area contributed by atoms with Crippen molar-refractivity contribution in [1.82, 2.24) is 19.3 Å². The second-order valence-corrected chi connectivity index (χ2v) is 4.22. The first-order valence-corrected chi connectivity index (χ1v) is 5.98. The highest BCUT2D eigenvalue weighted by molar-refractivity contribution is 5.03. The van der Waals surface area contributed by atoms with Gasteiger partial charge < -0.3 is 10.3 Å². The maximum absolute atomic E-state index is 5.61. The van der Waals surface area contributed by atoms with Gasteiger partial charge in [0, 0.05) is 24.6 Å². The predicted molar refractivity (Wildman–Crippen MR) is 66.4 cm³/mol. The van der Waals surface area contributed by atoms with E-state index < -0.39 is 0 Å². The topological polar surface area (TPSA) is 61.7 Å². The Morgan fingerprint density at radius 3 is 2.94 bits per heavy atom. The third-order valence-electron chi connectivity index (χ3n) is 3.02. The summed E-state index contributed by atoms with van der Waals surface area (Å²) in [6.45, 7) is 5.52. The number of nitrogens with zero attached hydrogens (tertiary/aromatic N) is 4. The molecule has 0 aliphatic rings. The highest BCUT2D eigenvalue weighted by Crippen LogP contribution is 2.10. The average Bonchev–Trinajstić information content (AvgIpc) is 2.97. The van der Waals surface area contributed by atoms with Crippen molar-refractivity contribution in [3.05, 3.63) is 36.2 Å². The monoisotopic (exact) mass is 233 g/mol. The molecule has 92 valence electrons. The third-order valence-corrected chi connectivity index (χ3v) is 3.02. The lowest BCUT2D eigenvalue weighted by molar-refractivity contribution is 0.472. The van der Waals surface area contributed by atoms with Gasteiger partial charge in [0.1, 0.15) is 5.82 Å². The van der Waals surface area contributed by atoms with Crippen molar-refractivity contribution in [3.63, 3.8) is 0 Å². The van der Waals surface area contributed by atoms with Gasteiger partial charge in [-0.3, -0.25) is 4.68 Å². The molecule has 0 fully saturated rings. The van der Waals surface area contributed by atoms with Gasteiger partial charge in [0.2, 0.25) is 0 Å². The molecule has 2 rings (SSSR count). The van der Waals surface area contributed by atoms with E-state index in [1.165, 1.54) is 0 Å². The van der Waals surface area contributed by atoms with E-state index in [0.717, 1.165) is 24.5 Å². The molecule has 0 bridgehead atoms.